The zero-order valence-corrected chi connectivity index (χ0v) is 17.5. The number of rotatable bonds is 19. The molecule has 0 amide bonds. The Balaban J connectivity index is 3.93. The van der Waals surface area contributed by atoms with Crippen LogP contribution in [-0.4, -0.2) is 46.9 Å². The highest BCUT2D eigenvalue weighted by Gasteiger charge is 2.50. The third-order valence-electron chi connectivity index (χ3n) is 6.13. The van der Waals surface area contributed by atoms with E-state index in [0.717, 1.165) is 19.3 Å². The molecule has 0 bridgehead atoms. The molecular formula is C22H43NO4. The molecule has 4 N–H and O–H groups in total. The van der Waals surface area contributed by atoms with Gasteiger partial charge in [-0.05, 0) is 6.42 Å². The van der Waals surface area contributed by atoms with Gasteiger partial charge in [-0.1, -0.05) is 90.4 Å². The number of hydrogen-bond donors (Lipinski definition) is 4. The van der Waals surface area contributed by atoms with Gasteiger partial charge < -0.3 is 20.4 Å². The Morgan fingerprint density at radius 3 is 1.26 bits per heavy atom. The fourth-order valence-corrected chi connectivity index (χ4v) is 3.81. The van der Waals surface area contributed by atoms with Gasteiger partial charge in [0, 0.05) is 5.41 Å². The zero-order chi connectivity index (χ0) is 20.4. The van der Waals surface area contributed by atoms with E-state index in [-0.39, 0.29) is 0 Å². The highest BCUT2D eigenvalue weighted by molar-refractivity contribution is 5.10. The van der Waals surface area contributed by atoms with Crippen molar-refractivity contribution >= 4 is 0 Å². The maximum absolute atomic E-state index is 9.76. The van der Waals surface area contributed by atoms with Crippen LogP contribution in [0.3, 0.4) is 0 Å². The van der Waals surface area contributed by atoms with Crippen LogP contribution in [0.2, 0.25) is 0 Å². The lowest BCUT2D eigenvalue weighted by Crippen LogP contribution is -2.51. The van der Waals surface area contributed by atoms with Gasteiger partial charge in [-0.15, -0.1) is 0 Å². The van der Waals surface area contributed by atoms with Crippen molar-refractivity contribution in [2.24, 2.45) is 10.8 Å². The minimum Gasteiger partial charge on any atom is -0.396 e. The number of nitriles is 1. The lowest BCUT2D eigenvalue weighted by Gasteiger charge is -2.42. The van der Waals surface area contributed by atoms with Crippen LogP contribution >= 0.6 is 0 Å². The van der Waals surface area contributed by atoms with Crippen LogP contribution in [-0.2, 0) is 0 Å². The van der Waals surface area contributed by atoms with E-state index < -0.39 is 37.3 Å². The summed E-state index contributed by atoms with van der Waals surface area (Å²) in [5.41, 5.74) is -2.67. The molecule has 0 saturated heterocycles. The SMILES string of the molecule is CCCCCCCCCCCCCCCC(CO)(CO)C(C#N)(CO)CO. The summed E-state index contributed by atoms with van der Waals surface area (Å²) in [6.07, 6.45) is 16.4. The molecule has 0 saturated carbocycles. The third kappa shape index (κ3) is 8.91. The Bertz CT molecular complexity index is 373. The second-order valence-corrected chi connectivity index (χ2v) is 8.10. The number of hydrogen-bond acceptors (Lipinski definition) is 5. The summed E-state index contributed by atoms with van der Waals surface area (Å²) in [5, 5.41) is 48.1. The molecule has 0 aliphatic heterocycles. The van der Waals surface area contributed by atoms with Crippen LogP contribution in [0.4, 0.5) is 0 Å². The van der Waals surface area contributed by atoms with Crippen molar-refractivity contribution < 1.29 is 20.4 Å². The first-order valence-corrected chi connectivity index (χ1v) is 11.0. The molecule has 0 aromatic carbocycles. The lowest BCUT2D eigenvalue weighted by atomic mass is 9.63. The Morgan fingerprint density at radius 1 is 0.593 bits per heavy atom. The molecule has 0 radical (unpaired) electrons. The average molecular weight is 386 g/mol. The quantitative estimate of drug-likeness (QED) is 0.252. The van der Waals surface area contributed by atoms with Crippen LogP contribution in [0.25, 0.3) is 0 Å². The molecule has 0 spiro atoms. The van der Waals surface area contributed by atoms with Gasteiger partial charge in [0.15, 0.2) is 0 Å². The molecule has 0 atom stereocenters. The van der Waals surface area contributed by atoms with Crippen LogP contribution in [0, 0.1) is 22.2 Å². The molecule has 0 fully saturated rings. The molecule has 0 aromatic heterocycles. The molecule has 0 heterocycles. The highest BCUT2D eigenvalue weighted by Crippen LogP contribution is 2.42. The summed E-state index contributed by atoms with van der Waals surface area (Å²) >= 11 is 0. The molecule has 0 aliphatic rings. The standard InChI is InChI=1S/C22H43NO4/c1-2-3-4-5-6-7-8-9-10-11-12-13-14-15-21(17-24,18-25)22(16-23,19-26)20-27/h24-27H,2-15,17-20H2,1H3. The van der Waals surface area contributed by atoms with Crippen molar-refractivity contribution in [1.82, 2.24) is 0 Å². The van der Waals surface area contributed by atoms with Gasteiger partial charge in [0.25, 0.3) is 0 Å². The number of unbranched alkanes of at least 4 members (excludes halogenated alkanes) is 12. The molecule has 5 heteroatoms. The Hall–Kier alpha value is -0.670. The van der Waals surface area contributed by atoms with Crippen LogP contribution in [0.15, 0.2) is 0 Å². The predicted octanol–water partition coefficient (Wildman–Crippen LogP) is 3.93. The van der Waals surface area contributed by atoms with E-state index in [1.807, 2.05) is 6.07 Å². The van der Waals surface area contributed by atoms with Crippen LogP contribution in [0.1, 0.15) is 96.8 Å². The van der Waals surface area contributed by atoms with Gasteiger partial charge in [-0.25, -0.2) is 0 Å². The van der Waals surface area contributed by atoms with Gasteiger partial charge in [-0.2, -0.15) is 5.26 Å². The molecule has 5 nitrogen and oxygen atoms in total. The van der Waals surface area contributed by atoms with Gasteiger partial charge >= 0.3 is 0 Å². The van der Waals surface area contributed by atoms with Crippen molar-refractivity contribution in [1.29, 1.82) is 5.26 Å². The summed E-state index contributed by atoms with van der Waals surface area (Å²) in [7, 11) is 0. The average Bonchev–Trinajstić information content (AvgIpc) is 2.71. The predicted molar refractivity (Wildman–Crippen MR) is 109 cm³/mol. The number of aliphatic hydroxyl groups excluding tert-OH is 4. The van der Waals surface area contributed by atoms with Crippen molar-refractivity contribution in [3.8, 4) is 6.07 Å². The molecule has 160 valence electrons. The monoisotopic (exact) mass is 385 g/mol. The summed E-state index contributed by atoms with van der Waals surface area (Å²) < 4.78 is 0. The van der Waals surface area contributed by atoms with E-state index in [4.69, 9.17) is 0 Å². The lowest BCUT2D eigenvalue weighted by molar-refractivity contribution is -0.0864. The Kier molecular flexibility index (Phi) is 15.9. The second-order valence-electron chi connectivity index (χ2n) is 8.10. The smallest absolute Gasteiger partial charge is 0.113 e. The molecule has 0 unspecified atom stereocenters. The van der Waals surface area contributed by atoms with Crippen molar-refractivity contribution in [2.75, 3.05) is 26.4 Å². The fraction of sp³-hybridized carbons (Fsp3) is 0.955. The van der Waals surface area contributed by atoms with Gasteiger partial charge in [0.05, 0.1) is 32.5 Å². The Labute approximate surface area is 166 Å². The van der Waals surface area contributed by atoms with Gasteiger partial charge in [0.2, 0.25) is 0 Å². The minimum atomic E-state index is -1.51. The van der Waals surface area contributed by atoms with Crippen molar-refractivity contribution in [2.45, 2.75) is 96.8 Å². The third-order valence-corrected chi connectivity index (χ3v) is 6.13. The van der Waals surface area contributed by atoms with E-state index in [1.54, 1.807) is 0 Å². The first-order chi connectivity index (χ1) is 13.1. The normalized spacial score (nSPS) is 12.3. The minimum absolute atomic E-state index is 0.420. The van der Waals surface area contributed by atoms with E-state index >= 15 is 0 Å². The van der Waals surface area contributed by atoms with Crippen LogP contribution < -0.4 is 0 Å². The number of nitrogens with zero attached hydrogens (tertiary/aromatic N) is 1. The first kappa shape index (κ1) is 26.3. The second kappa shape index (κ2) is 16.3. The maximum Gasteiger partial charge on any atom is 0.113 e. The summed E-state index contributed by atoms with van der Waals surface area (Å²) in [6, 6.07) is 1.93. The van der Waals surface area contributed by atoms with E-state index in [9.17, 15) is 25.7 Å². The fourth-order valence-electron chi connectivity index (χ4n) is 3.81. The summed E-state index contributed by atoms with van der Waals surface area (Å²) in [6.45, 7) is 0.263. The molecule has 0 aliphatic carbocycles. The number of aliphatic hydroxyl groups is 4. The molecule has 0 aromatic rings. The summed E-state index contributed by atoms with van der Waals surface area (Å²) in [5.74, 6) is 0. The topological polar surface area (TPSA) is 105 Å². The molecule has 0 rings (SSSR count). The van der Waals surface area contributed by atoms with Crippen molar-refractivity contribution in [3.05, 3.63) is 0 Å². The largest absolute Gasteiger partial charge is 0.396 e. The van der Waals surface area contributed by atoms with Crippen LogP contribution in [0.5, 0.6) is 0 Å². The maximum atomic E-state index is 9.76. The zero-order valence-electron chi connectivity index (χ0n) is 17.5. The highest BCUT2D eigenvalue weighted by atomic mass is 16.3. The van der Waals surface area contributed by atoms with Gasteiger partial charge in [0.1, 0.15) is 5.41 Å². The first-order valence-electron chi connectivity index (χ1n) is 11.0. The van der Waals surface area contributed by atoms with E-state index in [0.29, 0.717) is 6.42 Å². The van der Waals surface area contributed by atoms with E-state index in [1.165, 1.54) is 64.2 Å². The Morgan fingerprint density at radius 2 is 0.963 bits per heavy atom. The molecular weight excluding hydrogens is 342 g/mol. The van der Waals surface area contributed by atoms with Crippen molar-refractivity contribution in [3.63, 3.8) is 0 Å². The van der Waals surface area contributed by atoms with Gasteiger partial charge in [-0.3, -0.25) is 0 Å². The molecule has 27 heavy (non-hydrogen) atoms. The summed E-state index contributed by atoms with van der Waals surface area (Å²) in [4.78, 5) is 0. The van der Waals surface area contributed by atoms with E-state index in [2.05, 4.69) is 6.92 Å².